The summed E-state index contributed by atoms with van der Waals surface area (Å²) >= 11 is 1.57. The predicted octanol–water partition coefficient (Wildman–Crippen LogP) is -1.08. The zero-order chi connectivity index (χ0) is 13.2. The van der Waals surface area contributed by atoms with E-state index in [1.54, 1.807) is 11.8 Å². The van der Waals surface area contributed by atoms with Crippen LogP contribution in [0.4, 0.5) is 0 Å². The minimum absolute atomic E-state index is 0.210. The number of hydrogen-bond donors (Lipinski definition) is 1. The summed E-state index contributed by atoms with van der Waals surface area (Å²) in [5, 5.41) is 2.37. The molecule has 0 aromatic carbocycles. The second kappa shape index (κ2) is 5.77. The van der Waals surface area contributed by atoms with Crippen LogP contribution in [0, 0.1) is 0 Å². The van der Waals surface area contributed by atoms with Gasteiger partial charge in [-0.2, -0.15) is 11.8 Å². The molecule has 0 aliphatic carbocycles. The van der Waals surface area contributed by atoms with Gasteiger partial charge in [0.2, 0.25) is 0 Å². The Bertz CT molecular complexity index is 406. The Morgan fingerprint density at radius 1 is 1.50 bits per heavy atom. The lowest BCUT2D eigenvalue weighted by Gasteiger charge is -2.37. The summed E-state index contributed by atoms with van der Waals surface area (Å²) < 4.78 is 28.8. The Hall–Kier alpha value is -0.310. The van der Waals surface area contributed by atoms with Gasteiger partial charge >= 0.3 is 0 Å². The van der Waals surface area contributed by atoms with E-state index in [1.807, 2.05) is 0 Å². The van der Waals surface area contributed by atoms with E-state index in [0.717, 1.165) is 12.3 Å². The van der Waals surface area contributed by atoms with Crippen LogP contribution in [0.2, 0.25) is 0 Å². The zero-order valence-corrected chi connectivity index (χ0v) is 11.9. The van der Waals surface area contributed by atoms with Crippen LogP contribution in [-0.2, 0) is 19.4 Å². The van der Waals surface area contributed by atoms with Crippen LogP contribution in [0.25, 0.3) is 0 Å². The van der Waals surface area contributed by atoms with E-state index in [2.05, 4.69) is 5.32 Å². The number of thioether (sulfide) groups is 1. The summed E-state index contributed by atoms with van der Waals surface area (Å²) in [5.74, 6) is 1.01. The molecule has 2 saturated heterocycles. The molecule has 0 radical (unpaired) electrons. The fraction of sp³-hybridized carbons (Fsp3) is 0.900. The van der Waals surface area contributed by atoms with Crippen LogP contribution < -0.4 is 5.32 Å². The molecule has 1 amide bonds. The molecule has 8 heteroatoms. The SMILES string of the molecule is CS(=O)(=O)C1CSCCN1C(=O)C1CNCCO1. The van der Waals surface area contributed by atoms with Crippen molar-refractivity contribution in [3.05, 3.63) is 0 Å². The van der Waals surface area contributed by atoms with Crippen molar-refractivity contribution in [3.8, 4) is 0 Å². The predicted molar refractivity (Wildman–Crippen MR) is 70.3 cm³/mol. The van der Waals surface area contributed by atoms with Gasteiger partial charge in [0.05, 0.1) is 6.61 Å². The van der Waals surface area contributed by atoms with Gasteiger partial charge in [0, 0.05) is 37.4 Å². The van der Waals surface area contributed by atoms with Crippen LogP contribution in [0.3, 0.4) is 0 Å². The van der Waals surface area contributed by atoms with E-state index >= 15 is 0 Å². The molecular formula is C10H18N2O4S2. The number of carbonyl (C=O) groups is 1. The first-order valence-corrected chi connectivity index (χ1v) is 9.00. The monoisotopic (exact) mass is 294 g/mol. The van der Waals surface area contributed by atoms with Gasteiger partial charge in [-0.15, -0.1) is 0 Å². The quantitative estimate of drug-likeness (QED) is 0.698. The average molecular weight is 294 g/mol. The second-order valence-corrected chi connectivity index (χ2v) is 7.81. The molecule has 104 valence electrons. The van der Waals surface area contributed by atoms with E-state index in [1.165, 1.54) is 11.2 Å². The number of morpholine rings is 1. The molecule has 1 N–H and O–H groups in total. The maximum absolute atomic E-state index is 12.3. The van der Waals surface area contributed by atoms with Crippen LogP contribution in [0.1, 0.15) is 0 Å². The van der Waals surface area contributed by atoms with Crippen molar-refractivity contribution < 1.29 is 17.9 Å². The molecule has 0 spiro atoms. The highest BCUT2D eigenvalue weighted by atomic mass is 32.2. The summed E-state index contributed by atoms with van der Waals surface area (Å²) in [5.41, 5.74) is 0. The van der Waals surface area contributed by atoms with E-state index in [4.69, 9.17) is 4.74 Å². The van der Waals surface area contributed by atoms with Gasteiger partial charge in [0.1, 0.15) is 11.5 Å². The Kier molecular flexibility index (Phi) is 4.52. The van der Waals surface area contributed by atoms with Crippen molar-refractivity contribution in [2.45, 2.75) is 11.5 Å². The summed E-state index contributed by atoms with van der Waals surface area (Å²) in [4.78, 5) is 13.8. The van der Waals surface area contributed by atoms with Crippen molar-refractivity contribution in [1.29, 1.82) is 0 Å². The van der Waals surface area contributed by atoms with Gasteiger partial charge in [-0.25, -0.2) is 8.42 Å². The van der Waals surface area contributed by atoms with Crippen molar-refractivity contribution in [2.24, 2.45) is 0 Å². The van der Waals surface area contributed by atoms with Gasteiger partial charge in [-0.1, -0.05) is 0 Å². The largest absolute Gasteiger partial charge is 0.366 e. The number of ether oxygens (including phenoxy) is 1. The lowest BCUT2D eigenvalue weighted by molar-refractivity contribution is -0.145. The molecule has 2 rings (SSSR count). The highest BCUT2D eigenvalue weighted by molar-refractivity contribution is 8.00. The number of nitrogens with zero attached hydrogens (tertiary/aromatic N) is 1. The van der Waals surface area contributed by atoms with Gasteiger partial charge in [0.25, 0.3) is 5.91 Å². The van der Waals surface area contributed by atoms with Gasteiger partial charge < -0.3 is 15.0 Å². The van der Waals surface area contributed by atoms with Crippen LogP contribution in [0.5, 0.6) is 0 Å². The number of nitrogens with one attached hydrogen (secondary N) is 1. The van der Waals surface area contributed by atoms with E-state index in [0.29, 0.717) is 25.4 Å². The molecule has 2 fully saturated rings. The molecule has 2 unspecified atom stereocenters. The third-order valence-electron chi connectivity index (χ3n) is 3.06. The Morgan fingerprint density at radius 3 is 2.89 bits per heavy atom. The van der Waals surface area contributed by atoms with Crippen molar-refractivity contribution in [1.82, 2.24) is 10.2 Å². The van der Waals surface area contributed by atoms with Gasteiger partial charge in [0.15, 0.2) is 9.84 Å². The second-order valence-electron chi connectivity index (χ2n) is 4.45. The lowest BCUT2D eigenvalue weighted by Crippen LogP contribution is -2.56. The molecule has 2 atom stereocenters. The van der Waals surface area contributed by atoms with Crippen LogP contribution in [0.15, 0.2) is 0 Å². The standard InChI is InChI=1S/C10H18N2O4S2/c1-18(14,15)9-7-17-5-3-12(9)10(13)8-6-11-2-4-16-8/h8-9,11H,2-7H2,1H3. The summed E-state index contributed by atoms with van der Waals surface area (Å²) in [6.07, 6.45) is 0.634. The summed E-state index contributed by atoms with van der Waals surface area (Å²) in [6, 6.07) is 0. The Labute approximate surface area is 111 Å². The minimum Gasteiger partial charge on any atom is -0.366 e. The summed E-state index contributed by atoms with van der Waals surface area (Å²) in [6.45, 7) is 2.15. The number of carbonyl (C=O) groups excluding carboxylic acids is 1. The van der Waals surface area contributed by atoms with E-state index in [-0.39, 0.29) is 5.91 Å². The number of amides is 1. The van der Waals surface area contributed by atoms with Gasteiger partial charge in [-0.05, 0) is 0 Å². The maximum atomic E-state index is 12.3. The molecule has 18 heavy (non-hydrogen) atoms. The molecule has 6 nitrogen and oxygen atoms in total. The number of hydrogen-bond acceptors (Lipinski definition) is 6. The highest BCUT2D eigenvalue weighted by Gasteiger charge is 2.37. The van der Waals surface area contributed by atoms with Crippen molar-refractivity contribution >= 4 is 27.5 Å². The molecule has 0 aromatic heterocycles. The number of rotatable bonds is 2. The van der Waals surface area contributed by atoms with Gasteiger partial charge in [-0.3, -0.25) is 4.79 Å². The van der Waals surface area contributed by atoms with Crippen LogP contribution in [-0.4, -0.2) is 74.7 Å². The molecule has 2 aliphatic rings. The molecule has 2 aliphatic heterocycles. The van der Waals surface area contributed by atoms with Crippen molar-refractivity contribution in [3.63, 3.8) is 0 Å². The van der Waals surface area contributed by atoms with E-state index in [9.17, 15) is 13.2 Å². The van der Waals surface area contributed by atoms with Crippen LogP contribution >= 0.6 is 11.8 Å². The highest BCUT2D eigenvalue weighted by Crippen LogP contribution is 2.21. The molecule has 0 saturated carbocycles. The molecule has 2 heterocycles. The first kappa shape index (κ1) is 14.1. The fourth-order valence-corrected chi connectivity index (χ4v) is 4.92. The number of sulfone groups is 1. The van der Waals surface area contributed by atoms with E-state index < -0.39 is 21.3 Å². The third-order valence-corrected chi connectivity index (χ3v) is 5.71. The third kappa shape index (κ3) is 3.17. The fourth-order valence-electron chi connectivity index (χ4n) is 2.10. The molecule has 0 bridgehead atoms. The first-order valence-electron chi connectivity index (χ1n) is 5.89. The molecule has 0 aromatic rings. The topological polar surface area (TPSA) is 75.7 Å². The Morgan fingerprint density at radius 2 is 2.28 bits per heavy atom. The normalized spacial score (nSPS) is 30.2. The molecular weight excluding hydrogens is 276 g/mol. The van der Waals surface area contributed by atoms with Crippen molar-refractivity contribution in [2.75, 3.05) is 44.0 Å². The lowest BCUT2D eigenvalue weighted by atomic mass is 10.2. The average Bonchev–Trinajstić information content (AvgIpc) is 2.38. The Balaban J connectivity index is 2.10. The zero-order valence-electron chi connectivity index (χ0n) is 10.3. The summed E-state index contributed by atoms with van der Waals surface area (Å²) in [7, 11) is -3.25. The first-order chi connectivity index (χ1) is 8.50. The maximum Gasteiger partial charge on any atom is 0.254 e. The smallest absolute Gasteiger partial charge is 0.254 e. The minimum atomic E-state index is -3.25.